The van der Waals surface area contributed by atoms with Gasteiger partial charge in [-0.15, -0.1) is 23.2 Å². The van der Waals surface area contributed by atoms with Gasteiger partial charge in [0.15, 0.2) is 11.6 Å². The van der Waals surface area contributed by atoms with Gasteiger partial charge in [-0.3, -0.25) is 4.79 Å². The van der Waals surface area contributed by atoms with E-state index in [1.807, 2.05) is 6.08 Å². The number of fused-ring (bicyclic) bond motifs is 3. The molecule has 6 atom stereocenters. The van der Waals surface area contributed by atoms with Crippen molar-refractivity contribution >= 4 is 29.0 Å². The smallest absolute Gasteiger partial charge is 0.174 e. The van der Waals surface area contributed by atoms with Crippen LogP contribution in [0.15, 0.2) is 11.6 Å². The Hall–Kier alpha value is -0.130. The molecule has 0 aromatic carbocycles. The highest BCUT2D eigenvalue weighted by atomic mass is 35.5. The van der Waals surface area contributed by atoms with Crippen LogP contribution in [0.2, 0.25) is 0 Å². The summed E-state index contributed by atoms with van der Waals surface area (Å²) in [7, 11) is 0. The minimum atomic E-state index is -0.817. The van der Waals surface area contributed by atoms with E-state index in [-0.39, 0.29) is 23.2 Å². The Bertz CT molecular complexity index is 614. The van der Waals surface area contributed by atoms with Crippen molar-refractivity contribution in [3.63, 3.8) is 0 Å². The van der Waals surface area contributed by atoms with Crippen LogP contribution >= 0.6 is 23.2 Å². The largest absolute Gasteiger partial charge is 0.359 e. The standard InChI is InChI=1S/C17H20Cl2O4/c1-15-3-2-9-8-10-11(18)12(20)13(19)17(9,23-10)14(15)16(5-4-15)21-6-7-22-16/h8,10-11,13-14H,2-7H2,1H3/t10-,11?,13?,14-,15-,17+/m0/s1. The van der Waals surface area contributed by atoms with Gasteiger partial charge in [-0.25, -0.2) is 0 Å². The lowest BCUT2D eigenvalue weighted by molar-refractivity contribution is -0.253. The third-order valence-corrected chi connectivity index (χ3v) is 7.74. The predicted octanol–water partition coefficient (Wildman–Crippen LogP) is 2.80. The second-order valence-corrected chi connectivity index (χ2v) is 8.74. The maximum atomic E-state index is 12.7. The summed E-state index contributed by atoms with van der Waals surface area (Å²) in [5.41, 5.74) is 0.313. The van der Waals surface area contributed by atoms with Crippen molar-refractivity contribution < 1.29 is 19.0 Å². The van der Waals surface area contributed by atoms with Gasteiger partial charge in [-0.1, -0.05) is 13.0 Å². The van der Waals surface area contributed by atoms with Crippen LogP contribution in [-0.4, -0.2) is 47.2 Å². The zero-order chi connectivity index (χ0) is 16.0. The Kier molecular flexibility index (Phi) is 2.98. The summed E-state index contributed by atoms with van der Waals surface area (Å²) in [6.07, 6.45) is 5.44. The quantitative estimate of drug-likeness (QED) is 0.493. The van der Waals surface area contributed by atoms with Gasteiger partial charge in [0, 0.05) is 6.42 Å². The first-order chi connectivity index (χ1) is 10.9. The average molecular weight is 359 g/mol. The monoisotopic (exact) mass is 358 g/mol. The fourth-order valence-corrected chi connectivity index (χ4v) is 6.58. The fraction of sp³-hybridized carbons (Fsp3) is 0.824. The molecule has 0 amide bonds. The molecular weight excluding hydrogens is 339 g/mol. The zero-order valence-corrected chi connectivity index (χ0v) is 14.5. The number of ether oxygens (including phenoxy) is 3. The van der Waals surface area contributed by atoms with Gasteiger partial charge in [0.25, 0.3) is 0 Å². The zero-order valence-electron chi connectivity index (χ0n) is 13.0. The molecule has 126 valence electrons. The van der Waals surface area contributed by atoms with E-state index in [1.165, 1.54) is 0 Å². The van der Waals surface area contributed by atoms with Gasteiger partial charge in [0.1, 0.15) is 22.5 Å². The van der Waals surface area contributed by atoms with Gasteiger partial charge in [-0.05, 0) is 30.3 Å². The topological polar surface area (TPSA) is 44.8 Å². The number of carbonyl (C=O) groups is 1. The lowest BCUT2D eigenvalue weighted by Gasteiger charge is -2.56. The molecule has 0 aromatic rings. The van der Waals surface area contributed by atoms with Gasteiger partial charge < -0.3 is 14.2 Å². The summed E-state index contributed by atoms with van der Waals surface area (Å²) >= 11 is 13.0. The Morgan fingerprint density at radius 2 is 1.91 bits per heavy atom. The fourth-order valence-electron chi connectivity index (χ4n) is 5.82. The third kappa shape index (κ3) is 1.63. The van der Waals surface area contributed by atoms with Crippen molar-refractivity contribution in [1.82, 2.24) is 0 Å². The average Bonchev–Trinajstić information content (AvgIpc) is 3.21. The molecule has 2 saturated carbocycles. The Balaban J connectivity index is 1.70. The van der Waals surface area contributed by atoms with E-state index in [9.17, 15) is 4.79 Å². The second kappa shape index (κ2) is 4.53. The van der Waals surface area contributed by atoms with Crippen LogP contribution in [0.3, 0.4) is 0 Å². The highest BCUT2D eigenvalue weighted by Gasteiger charge is 2.74. The Morgan fingerprint density at radius 1 is 1.17 bits per heavy atom. The maximum absolute atomic E-state index is 12.7. The number of Topliss-reactive ketones (excluding diaryl/α,β-unsaturated/α-hetero) is 1. The summed E-state index contributed by atoms with van der Waals surface area (Å²) in [6, 6.07) is 0. The first-order valence-corrected chi connectivity index (χ1v) is 9.29. The van der Waals surface area contributed by atoms with E-state index in [2.05, 4.69) is 6.92 Å². The van der Waals surface area contributed by atoms with Gasteiger partial charge >= 0.3 is 0 Å². The Labute approximate surface area is 145 Å². The molecular formula is C17H20Cl2O4. The highest BCUT2D eigenvalue weighted by molar-refractivity contribution is 6.42. The first-order valence-electron chi connectivity index (χ1n) is 8.42. The third-order valence-electron chi connectivity index (χ3n) is 6.74. The van der Waals surface area contributed by atoms with Crippen molar-refractivity contribution in [3.05, 3.63) is 11.6 Å². The second-order valence-electron chi connectivity index (χ2n) is 7.83. The van der Waals surface area contributed by atoms with Crippen LogP contribution in [0.5, 0.6) is 0 Å². The number of ketones is 1. The van der Waals surface area contributed by atoms with Gasteiger partial charge in [0.2, 0.25) is 0 Å². The molecule has 6 heteroatoms. The molecule has 4 nitrogen and oxygen atoms in total. The van der Waals surface area contributed by atoms with Crippen molar-refractivity contribution in [2.45, 2.75) is 60.9 Å². The molecule has 0 N–H and O–H groups in total. The number of alkyl halides is 2. The number of hydrogen-bond acceptors (Lipinski definition) is 4. The minimum Gasteiger partial charge on any atom is -0.359 e. The van der Waals surface area contributed by atoms with Gasteiger partial charge in [0.05, 0.1) is 19.1 Å². The van der Waals surface area contributed by atoms with E-state index in [0.717, 1.165) is 31.3 Å². The van der Waals surface area contributed by atoms with Crippen LogP contribution in [0.25, 0.3) is 0 Å². The van der Waals surface area contributed by atoms with Crippen LogP contribution in [0.1, 0.15) is 32.6 Å². The first kappa shape index (κ1) is 15.2. The molecule has 2 unspecified atom stereocenters. The summed E-state index contributed by atoms with van der Waals surface area (Å²) in [5.74, 6) is -0.860. The van der Waals surface area contributed by atoms with E-state index in [4.69, 9.17) is 37.4 Å². The molecule has 2 saturated heterocycles. The molecule has 3 aliphatic heterocycles. The summed E-state index contributed by atoms with van der Waals surface area (Å²) in [4.78, 5) is 12.7. The van der Waals surface area contributed by atoms with Crippen LogP contribution < -0.4 is 0 Å². The van der Waals surface area contributed by atoms with E-state index >= 15 is 0 Å². The van der Waals surface area contributed by atoms with Crippen molar-refractivity contribution in [3.8, 4) is 0 Å². The van der Waals surface area contributed by atoms with Crippen LogP contribution in [0, 0.1) is 11.3 Å². The summed E-state index contributed by atoms with van der Waals surface area (Å²) in [5, 5.41) is -1.47. The molecule has 3 heterocycles. The molecule has 0 radical (unpaired) electrons. The van der Waals surface area contributed by atoms with Crippen LogP contribution in [-0.2, 0) is 19.0 Å². The molecule has 2 aliphatic carbocycles. The lowest BCUT2D eigenvalue weighted by Crippen LogP contribution is -2.67. The maximum Gasteiger partial charge on any atom is 0.174 e. The molecule has 0 aromatic heterocycles. The molecule has 4 fully saturated rings. The molecule has 2 bridgehead atoms. The van der Waals surface area contributed by atoms with E-state index in [0.29, 0.717) is 13.2 Å². The Morgan fingerprint density at radius 3 is 2.65 bits per heavy atom. The van der Waals surface area contributed by atoms with E-state index < -0.39 is 22.1 Å². The summed E-state index contributed by atoms with van der Waals surface area (Å²) < 4.78 is 18.6. The lowest BCUT2D eigenvalue weighted by atomic mass is 9.57. The van der Waals surface area contributed by atoms with E-state index in [1.54, 1.807) is 0 Å². The molecule has 23 heavy (non-hydrogen) atoms. The molecule has 5 rings (SSSR count). The van der Waals surface area contributed by atoms with Crippen molar-refractivity contribution in [1.29, 1.82) is 0 Å². The molecule has 5 aliphatic rings. The van der Waals surface area contributed by atoms with Crippen molar-refractivity contribution in [2.75, 3.05) is 13.2 Å². The van der Waals surface area contributed by atoms with Gasteiger partial charge in [-0.2, -0.15) is 0 Å². The summed E-state index contributed by atoms with van der Waals surface area (Å²) in [6.45, 7) is 3.44. The number of rotatable bonds is 0. The van der Waals surface area contributed by atoms with Crippen LogP contribution in [0.4, 0.5) is 0 Å². The minimum absolute atomic E-state index is 0.00311. The number of carbonyl (C=O) groups excluding carboxylic acids is 1. The normalized spacial score (nSPS) is 53.3. The number of hydrogen-bond donors (Lipinski definition) is 0. The predicted molar refractivity (Wildman–Crippen MR) is 84.7 cm³/mol. The number of halogens is 2. The molecule has 2 spiro atoms. The van der Waals surface area contributed by atoms with Crippen molar-refractivity contribution in [2.24, 2.45) is 11.3 Å². The highest BCUT2D eigenvalue weighted by Crippen LogP contribution is 2.68. The SMILES string of the molecule is C[C@@]12CCC3=C[C@@H]4O[C@]3(C(Cl)C(=O)C4Cl)[C@@H]1C1(CC2)OCCO1.